The molecule has 0 aliphatic heterocycles. The molecule has 0 radical (unpaired) electrons. The third-order valence-corrected chi connectivity index (χ3v) is 4.77. The molecule has 3 aromatic rings. The van der Waals surface area contributed by atoms with Gasteiger partial charge in [0.05, 0.1) is 10.6 Å². The molecular weight excluding hydrogens is 375 g/mol. The highest BCUT2D eigenvalue weighted by Crippen LogP contribution is 2.24. The first-order valence-electron chi connectivity index (χ1n) is 7.89. The fourth-order valence-corrected chi connectivity index (χ4v) is 3.34. The van der Waals surface area contributed by atoms with E-state index in [-0.39, 0.29) is 30.4 Å². The Balaban J connectivity index is 1.61. The van der Waals surface area contributed by atoms with Gasteiger partial charge in [0.25, 0.3) is 0 Å². The molecule has 0 fully saturated rings. The molecule has 0 unspecified atom stereocenters. The predicted molar refractivity (Wildman–Crippen MR) is 95.7 cm³/mol. The van der Waals surface area contributed by atoms with Gasteiger partial charge in [0.1, 0.15) is 35.4 Å². The van der Waals surface area contributed by atoms with Crippen molar-refractivity contribution in [3.63, 3.8) is 0 Å². The Morgan fingerprint density at radius 2 is 2.04 bits per heavy atom. The van der Waals surface area contributed by atoms with Crippen molar-refractivity contribution in [2.45, 2.75) is 27.0 Å². The molecule has 27 heavy (non-hydrogen) atoms. The number of thiazole rings is 1. The van der Waals surface area contributed by atoms with Gasteiger partial charge in [0, 0.05) is 10.9 Å². The first-order valence-corrected chi connectivity index (χ1v) is 8.77. The van der Waals surface area contributed by atoms with Gasteiger partial charge >= 0.3 is 11.7 Å². The van der Waals surface area contributed by atoms with Crippen molar-refractivity contribution in [1.82, 2.24) is 14.8 Å². The van der Waals surface area contributed by atoms with Crippen LogP contribution in [0.3, 0.4) is 0 Å². The molecule has 0 saturated carbocycles. The minimum Gasteiger partial charge on any atom is -0.458 e. The van der Waals surface area contributed by atoms with Crippen LogP contribution in [0.2, 0.25) is 0 Å². The summed E-state index contributed by atoms with van der Waals surface area (Å²) < 4.78 is 19.4. The van der Waals surface area contributed by atoms with Gasteiger partial charge in [0.15, 0.2) is 0 Å². The van der Waals surface area contributed by atoms with E-state index < -0.39 is 10.9 Å². The quantitative estimate of drug-likeness (QED) is 0.363. The molecule has 140 valence electrons. The van der Waals surface area contributed by atoms with E-state index in [0.29, 0.717) is 16.4 Å². The number of nitro groups is 1. The second kappa shape index (κ2) is 7.62. The minimum atomic E-state index is -0.577. The number of halogens is 1. The number of hydrogen-bond donors (Lipinski definition) is 0. The lowest BCUT2D eigenvalue weighted by Crippen LogP contribution is -2.15. The van der Waals surface area contributed by atoms with Crippen molar-refractivity contribution in [1.29, 1.82) is 0 Å². The van der Waals surface area contributed by atoms with E-state index in [1.54, 1.807) is 17.5 Å². The predicted octanol–water partition coefficient (Wildman–Crippen LogP) is 3.41. The molecule has 0 bridgehead atoms. The number of esters is 1. The number of nitrogens with zero attached hydrogens (tertiary/aromatic N) is 4. The largest absolute Gasteiger partial charge is 0.458 e. The van der Waals surface area contributed by atoms with E-state index in [2.05, 4.69) is 10.1 Å². The van der Waals surface area contributed by atoms with Crippen molar-refractivity contribution in [3.8, 4) is 10.6 Å². The van der Waals surface area contributed by atoms with Crippen molar-refractivity contribution in [3.05, 3.63) is 62.7 Å². The SMILES string of the molecule is Cc1nn(CC(=O)OCc2csc(-c3ccc(F)cc3)n2)c(C)c1[N+](=O)[O-]. The monoisotopic (exact) mass is 390 g/mol. The van der Waals surface area contributed by atoms with E-state index in [0.717, 1.165) is 5.56 Å². The van der Waals surface area contributed by atoms with Crippen LogP contribution in [0.4, 0.5) is 10.1 Å². The van der Waals surface area contributed by atoms with Crippen LogP contribution in [0.1, 0.15) is 17.1 Å². The first kappa shape index (κ1) is 18.6. The van der Waals surface area contributed by atoms with E-state index >= 15 is 0 Å². The van der Waals surface area contributed by atoms with Gasteiger partial charge in [0.2, 0.25) is 0 Å². The fourth-order valence-electron chi connectivity index (χ4n) is 2.53. The molecule has 0 aliphatic rings. The van der Waals surface area contributed by atoms with Gasteiger partial charge in [-0.25, -0.2) is 9.37 Å². The van der Waals surface area contributed by atoms with Gasteiger partial charge in [-0.15, -0.1) is 11.3 Å². The Morgan fingerprint density at radius 3 is 2.67 bits per heavy atom. The van der Waals surface area contributed by atoms with Gasteiger partial charge in [-0.3, -0.25) is 19.6 Å². The molecule has 0 N–H and O–H groups in total. The summed E-state index contributed by atoms with van der Waals surface area (Å²) >= 11 is 1.36. The Bertz CT molecular complexity index is 997. The summed E-state index contributed by atoms with van der Waals surface area (Å²) in [6, 6.07) is 5.95. The summed E-state index contributed by atoms with van der Waals surface area (Å²) in [5, 5.41) is 17.4. The molecule has 0 spiro atoms. The van der Waals surface area contributed by atoms with Crippen molar-refractivity contribution in [2.75, 3.05) is 0 Å². The van der Waals surface area contributed by atoms with E-state index in [1.165, 1.54) is 42.0 Å². The minimum absolute atomic E-state index is 0.0298. The molecular formula is C17H15FN4O4S. The lowest BCUT2D eigenvalue weighted by Gasteiger charge is -2.04. The number of rotatable bonds is 6. The van der Waals surface area contributed by atoms with E-state index in [1.807, 2.05) is 0 Å². The highest BCUT2D eigenvalue weighted by molar-refractivity contribution is 7.13. The van der Waals surface area contributed by atoms with Crippen LogP contribution >= 0.6 is 11.3 Å². The summed E-state index contributed by atoms with van der Waals surface area (Å²) in [5.41, 5.74) is 1.77. The van der Waals surface area contributed by atoms with E-state index in [9.17, 15) is 19.3 Å². The molecule has 0 aliphatic carbocycles. The Labute approximate surface area is 157 Å². The van der Waals surface area contributed by atoms with Crippen molar-refractivity contribution in [2.24, 2.45) is 0 Å². The second-order valence-corrected chi connectivity index (χ2v) is 6.60. The molecule has 8 nitrogen and oxygen atoms in total. The standard InChI is InChI=1S/C17H15FN4O4S/c1-10-16(22(24)25)11(2)21(20-10)7-15(23)26-8-14-9-27-17(19-14)12-3-5-13(18)6-4-12/h3-6,9H,7-8H2,1-2H3. The van der Waals surface area contributed by atoms with Gasteiger partial charge in [-0.2, -0.15) is 5.10 Å². The van der Waals surface area contributed by atoms with Gasteiger partial charge in [-0.05, 0) is 38.1 Å². The average molecular weight is 390 g/mol. The number of ether oxygens (including phenoxy) is 1. The molecule has 2 heterocycles. The van der Waals surface area contributed by atoms with Crippen LogP contribution in [0, 0.1) is 29.8 Å². The second-order valence-electron chi connectivity index (χ2n) is 5.75. The normalized spacial score (nSPS) is 10.8. The lowest BCUT2D eigenvalue weighted by atomic mass is 10.2. The van der Waals surface area contributed by atoms with Crippen LogP contribution in [0.25, 0.3) is 10.6 Å². The van der Waals surface area contributed by atoms with Gasteiger partial charge in [-0.1, -0.05) is 0 Å². The number of benzene rings is 1. The highest BCUT2D eigenvalue weighted by Gasteiger charge is 2.23. The average Bonchev–Trinajstić information content (AvgIpc) is 3.18. The van der Waals surface area contributed by atoms with Crippen molar-refractivity contribution < 1.29 is 18.8 Å². The molecule has 10 heteroatoms. The molecule has 2 aromatic heterocycles. The topological polar surface area (TPSA) is 100 Å². The highest BCUT2D eigenvalue weighted by atomic mass is 32.1. The van der Waals surface area contributed by atoms with Crippen LogP contribution in [-0.2, 0) is 22.7 Å². The summed E-state index contributed by atoms with van der Waals surface area (Å²) in [5.74, 6) is -0.902. The van der Waals surface area contributed by atoms with Crippen LogP contribution in [0.5, 0.6) is 0 Å². The molecule has 0 saturated heterocycles. The third kappa shape index (κ3) is 4.17. The number of carbonyl (C=O) groups is 1. The maximum absolute atomic E-state index is 13.0. The molecule has 3 rings (SSSR count). The summed E-state index contributed by atoms with van der Waals surface area (Å²) in [7, 11) is 0. The molecule has 0 atom stereocenters. The number of carbonyl (C=O) groups excluding carboxylic acids is 1. The number of aromatic nitrogens is 3. The zero-order valence-electron chi connectivity index (χ0n) is 14.5. The maximum Gasteiger partial charge on any atom is 0.328 e. The fraction of sp³-hybridized carbons (Fsp3) is 0.235. The number of hydrogen-bond acceptors (Lipinski definition) is 7. The Kier molecular flexibility index (Phi) is 5.26. The zero-order chi connectivity index (χ0) is 19.6. The Morgan fingerprint density at radius 1 is 1.33 bits per heavy atom. The molecule has 0 amide bonds. The first-order chi connectivity index (χ1) is 12.8. The smallest absolute Gasteiger partial charge is 0.328 e. The molecule has 1 aromatic carbocycles. The van der Waals surface area contributed by atoms with Crippen molar-refractivity contribution >= 4 is 23.0 Å². The Hall–Kier alpha value is -3.14. The lowest BCUT2D eigenvalue weighted by molar-refractivity contribution is -0.386. The zero-order valence-corrected chi connectivity index (χ0v) is 15.3. The summed E-state index contributed by atoms with van der Waals surface area (Å²) in [6.07, 6.45) is 0. The van der Waals surface area contributed by atoms with Crippen LogP contribution in [-0.4, -0.2) is 25.7 Å². The van der Waals surface area contributed by atoms with E-state index in [4.69, 9.17) is 4.74 Å². The number of aryl methyl sites for hydroxylation is 1. The summed E-state index contributed by atoms with van der Waals surface area (Å²) in [6.45, 7) is 2.79. The van der Waals surface area contributed by atoms with Crippen LogP contribution < -0.4 is 0 Å². The summed E-state index contributed by atoms with van der Waals surface area (Å²) in [4.78, 5) is 26.9. The van der Waals surface area contributed by atoms with Crippen LogP contribution in [0.15, 0.2) is 29.6 Å². The maximum atomic E-state index is 13.0. The van der Waals surface area contributed by atoms with Gasteiger partial charge < -0.3 is 4.74 Å². The third-order valence-electron chi connectivity index (χ3n) is 3.83.